The van der Waals surface area contributed by atoms with E-state index in [1.807, 2.05) is 6.92 Å². The molecule has 1 unspecified atom stereocenters. The summed E-state index contributed by atoms with van der Waals surface area (Å²) in [5.41, 5.74) is 1.38. The predicted molar refractivity (Wildman–Crippen MR) is 93.4 cm³/mol. The Morgan fingerprint density at radius 3 is 2.62 bits per heavy atom. The summed E-state index contributed by atoms with van der Waals surface area (Å²) < 4.78 is 5.35. The molecule has 2 N–H and O–H groups in total. The fraction of sp³-hybridized carbons (Fsp3) is 0.588. The van der Waals surface area contributed by atoms with Crippen molar-refractivity contribution < 1.29 is 19.1 Å². The van der Waals surface area contributed by atoms with E-state index in [4.69, 9.17) is 4.74 Å². The van der Waals surface area contributed by atoms with Crippen molar-refractivity contribution in [2.45, 2.75) is 59.0 Å². The van der Waals surface area contributed by atoms with Gasteiger partial charge in [0.05, 0.1) is 5.56 Å². The quantitative estimate of drug-likeness (QED) is 0.771. The third kappa shape index (κ3) is 4.35. The number of ether oxygens (including phenoxy) is 1. The Bertz CT molecular complexity index is 639. The molecule has 0 bridgehead atoms. The van der Waals surface area contributed by atoms with Crippen LogP contribution >= 0.6 is 11.3 Å². The van der Waals surface area contributed by atoms with Crippen molar-refractivity contribution in [2.24, 2.45) is 0 Å². The summed E-state index contributed by atoms with van der Waals surface area (Å²) in [5, 5.41) is 5.96. The molecular formula is C17H24N2O4S. The molecule has 2 rings (SSSR count). The Kier molecular flexibility index (Phi) is 6.36. The van der Waals surface area contributed by atoms with Crippen molar-refractivity contribution in [1.29, 1.82) is 0 Å². The van der Waals surface area contributed by atoms with Gasteiger partial charge in [-0.15, -0.1) is 11.3 Å². The van der Waals surface area contributed by atoms with Gasteiger partial charge < -0.3 is 15.4 Å². The Morgan fingerprint density at radius 2 is 1.96 bits per heavy atom. The molecule has 1 aromatic heterocycles. The van der Waals surface area contributed by atoms with Crippen LogP contribution in [-0.2, 0) is 27.2 Å². The van der Waals surface area contributed by atoms with E-state index < -0.39 is 12.1 Å². The highest BCUT2D eigenvalue weighted by atomic mass is 32.1. The molecule has 0 saturated heterocycles. The fourth-order valence-electron chi connectivity index (χ4n) is 2.69. The van der Waals surface area contributed by atoms with E-state index in [9.17, 15) is 14.4 Å². The molecule has 0 aromatic carbocycles. The first kappa shape index (κ1) is 18.4. The van der Waals surface area contributed by atoms with Crippen LogP contribution in [0.5, 0.6) is 0 Å². The maximum absolute atomic E-state index is 12.6. The van der Waals surface area contributed by atoms with Crippen LogP contribution in [0, 0.1) is 0 Å². The first-order valence-corrected chi connectivity index (χ1v) is 9.16. The third-order valence-corrected chi connectivity index (χ3v) is 5.07. The van der Waals surface area contributed by atoms with Gasteiger partial charge in [0.15, 0.2) is 6.10 Å². The van der Waals surface area contributed by atoms with Crippen LogP contribution in [0.3, 0.4) is 0 Å². The number of nitrogens with one attached hydrogen (secondary N) is 2. The van der Waals surface area contributed by atoms with E-state index in [2.05, 4.69) is 10.6 Å². The molecule has 1 atom stereocenters. The van der Waals surface area contributed by atoms with Crippen LogP contribution in [0.15, 0.2) is 0 Å². The number of carbonyl (C=O) groups excluding carboxylic acids is 3. The first-order valence-electron chi connectivity index (χ1n) is 8.34. The molecule has 0 fully saturated rings. The standard InChI is InChI=1S/C17H24N2O4S/c1-4-9-18-15(21)10(2)23-17(22)14-12-7-5-6-8-13(12)24-16(14)19-11(3)20/h10H,4-9H2,1-3H3,(H,18,21)(H,19,20). The summed E-state index contributed by atoms with van der Waals surface area (Å²) in [6.07, 6.45) is 3.75. The van der Waals surface area contributed by atoms with Crippen LogP contribution in [0.1, 0.15) is 60.8 Å². The lowest BCUT2D eigenvalue weighted by Crippen LogP contribution is -2.36. The van der Waals surface area contributed by atoms with Crippen molar-refractivity contribution in [1.82, 2.24) is 5.32 Å². The normalized spacial score (nSPS) is 14.5. The molecule has 1 aliphatic rings. The minimum Gasteiger partial charge on any atom is -0.449 e. The summed E-state index contributed by atoms with van der Waals surface area (Å²) in [4.78, 5) is 37.1. The molecule has 1 aromatic rings. The molecule has 0 aliphatic heterocycles. The SMILES string of the molecule is CCCNC(=O)C(C)OC(=O)c1c(NC(C)=O)sc2c1CCCC2. The van der Waals surface area contributed by atoms with Gasteiger partial charge in [0.1, 0.15) is 5.00 Å². The van der Waals surface area contributed by atoms with Crippen molar-refractivity contribution in [2.75, 3.05) is 11.9 Å². The Labute approximate surface area is 146 Å². The average Bonchev–Trinajstić information content (AvgIpc) is 2.89. The van der Waals surface area contributed by atoms with Crippen molar-refractivity contribution in [3.63, 3.8) is 0 Å². The Balaban J connectivity index is 2.19. The van der Waals surface area contributed by atoms with Gasteiger partial charge in [-0.05, 0) is 44.6 Å². The lowest BCUT2D eigenvalue weighted by molar-refractivity contribution is -0.129. The van der Waals surface area contributed by atoms with Crippen LogP contribution in [-0.4, -0.2) is 30.4 Å². The molecule has 1 heterocycles. The van der Waals surface area contributed by atoms with Gasteiger partial charge in [0.2, 0.25) is 5.91 Å². The fourth-order valence-corrected chi connectivity index (χ4v) is 4.02. The van der Waals surface area contributed by atoms with Gasteiger partial charge >= 0.3 is 5.97 Å². The zero-order chi connectivity index (χ0) is 17.7. The highest BCUT2D eigenvalue weighted by Crippen LogP contribution is 2.38. The van der Waals surface area contributed by atoms with E-state index in [0.717, 1.165) is 42.5 Å². The van der Waals surface area contributed by atoms with E-state index in [0.29, 0.717) is 17.1 Å². The second kappa shape index (κ2) is 8.28. The second-order valence-corrected chi connectivity index (χ2v) is 7.04. The maximum atomic E-state index is 12.6. The van der Waals surface area contributed by atoms with Crippen LogP contribution < -0.4 is 10.6 Å². The van der Waals surface area contributed by atoms with Crippen molar-refractivity contribution in [3.05, 3.63) is 16.0 Å². The summed E-state index contributed by atoms with van der Waals surface area (Å²) in [6, 6.07) is 0. The Hall–Kier alpha value is -1.89. The number of esters is 1. The highest BCUT2D eigenvalue weighted by Gasteiger charge is 2.29. The molecule has 24 heavy (non-hydrogen) atoms. The first-order chi connectivity index (χ1) is 11.4. The molecule has 7 heteroatoms. The summed E-state index contributed by atoms with van der Waals surface area (Å²) >= 11 is 1.43. The van der Waals surface area contributed by atoms with E-state index in [1.165, 1.54) is 18.3 Å². The molecule has 2 amide bonds. The number of rotatable bonds is 6. The molecule has 132 valence electrons. The monoisotopic (exact) mass is 352 g/mol. The highest BCUT2D eigenvalue weighted by molar-refractivity contribution is 7.17. The number of aryl methyl sites for hydroxylation is 1. The number of thiophene rings is 1. The molecule has 1 aliphatic carbocycles. The van der Waals surface area contributed by atoms with E-state index in [1.54, 1.807) is 6.92 Å². The van der Waals surface area contributed by atoms with Gasteiger partial charge in [0.25, 0.3) is 5.91 Å². The van der Waals surface area contributed by atoms with Crippen LogP contribution in [0.25, 0.3) is 0 Å². The van der Waals surface area contributed by atoms with Crippen molar-refractivity contribution >= 4 is 34.1 Å². The maximum Gasteiger partial charge on any atom is 0.342 e. The van der Waals surface area contributed by atoms with Crippen LogP contribution in [0.4, 0.5) is 5.00 Å². The molecule has 6 nitrogen and oxygen atoms in total. The van der Waals surface area contributed by atoms with Gasteiger partial charge in [-0.3, -0.25) is 9.59 Å². The number of anilines is 1. The number of fused-ring (bicyclic) bond motifs is 1. The smallest absolute Gasteiger partial charge is 0.342 e. The number of amides is 2. The largest absolute Gasteiger partial charge is 0.449 e. The summed E-state index contributed by atoms with van der Waals surface area (Å²) in [7, 11) is 0. The van der Waals surface area contributed by atoms with Gasteiger partial charge in [-0.2, -0.15) is 0 Å². The van der Waals surface area contributed by atoms with Gasteiger partial charge in [0, 0.05) is 18.3 Å². The van der Waals surface area contributed by atoms with Gasteiger partial charge in [-0.1, -0.05) is 6.92 Å². The average molecular weight is 352 g/mol. The summed E-state index contributed by atoms with van der Waals surface area (Å²) in [6.45, 7) is 5.47. The van der Waals surface area contributed by atoms with E-state index >= 15 is 0 Å². The second-order valence-electron chi connectivity index (χ2n) is 5.93. The molecule has 0 radical (unpaired) electrons. The number of carbonyl (C=O) groups is 3. The molecule has 0 spiro atoms. The summed E-state index contributed by atoms with van der Waals surface area (Å²) in [5.74, 6) is -1.08. The lowest BCUT2D eigenvalue weighted by Gasteiger charge is -2.16. The molecular weight excluding hydrogens is 328 g/mol. The minimum atomic E-state index is -0.867. The molecule has 0 saturated carbocycles. The predicted octanol–water partition coefficient (Wildman–Crippen LogP) is 2.66. The van der Waals surface area contributed by atoms with Crippen LogP contribution in [0.2, 0.25) is 0 Å². The zero-order valence-corrected chi connectivity index (χ0v) is 15.2. The Morgan fingerprint density at radius 1 is 1.25 bits per heavy atom. The number of hydrogen-bond acceptors (Lipinski definition) is 5. The van der Waals surface area contributed by atoms with Gasteiger partial charge in [-0.25, -0.2) is 4.79 Å². The topological polar surface area (TPSA) is 84.5 Å². The lowest BCUT2D eigenvalue weighted by atomic mass is 9.95. The van der Waals surface area contributed by atoms with E-state index in [-0.39, 0.29) is 11.8 Å². The third-order valence-electron chi connectivity index (χ3n) is 3.87. The minimum absolute atomic E-state index is 0.226. The van der Waals surface area contributed by atoms with Crippen molar-refractivity contribution in [3.8, 4) is 0 Å². The number of hydrogen-bond donors (Lipinski definition) is 2. The zero-order valence-electron chi connectivity index (χ0n) is 14.4.